The van der Waals surface area contributed by atoms with E-state index in [-0.39, 0.29) is 17.0 Å². The van der Waals surface area contributed by atoms with Crippen LogP contribution < -0.4 is 10.2 Å². The Bertz CT molecular complexity index is 869. The number of fused-ring (bicyclic) bond motifs is 1. The predicted octanol–water partition coefficient (Wildman–Crippen LogP) is 2.90. The molecule has 2 amide bonds. The van der Waals surface area contributed by atoms with E-state index in [0.29, 0.717) is 37.3 Å². The van der Waals surface area contributed by atoms with Crippen molar-refractivity contribution in [3.05, 3.63) is 58.2 Å². The van der Waals surface area contributed by atoms with Crippen LogP contribution in [-0.4, -0.2) is 48.9 Å². The summed E-state index contributed by atoms with van der Waals surface area (Å²) in [4.78, 5) is 32.7. The number of amides is 2. The van der Waals surface area contributed by atoms with Crippen molar-refractivity contribution in [3.8, 4) is 0 Å². The van der Waals surface area contributed by atoms with Gasteiger partial charge in [0.25, 0.3) is 5.91 Å². The maximum atomic E-state index is 12.5. The van der Waals surface area contributed by atoms with Crippen molar-refractivity contribution >= 4 is 29.2 Å². The number of pyridine rings is 1. The quantitative estimate of drug-likeness (QED) is 0.598. The van der Waals surface area contributed by atoms with Gasteiger partial charge in [0.15, 0.2) is 0 Å². The van der Waals surface area contributed by atoms with Gasteiger partial charge in [0.05, 0.1) is 0 Å². The first kappa shape index (κ1) is 20.1. The molecule has 1 aromatic carbocycles. The molecule has 0 spiro atoms. The third kappa shape index (κ3) is 5.01. The molecule has 0 radical (unpaired) electrons. The molecule has 1 N–H and O–H groups in total. The molecule has 2 aromatic rings. The molecule has 1 aromatic heterocycles. The first-order valence-electron chi connectivity index (χ1n) is 9.41. The van der Waals surface area contributed by atoms with Crippen LogP contribution in [-0.2, 0) is 17.8 Å². The minimum Gasteiger partial charge on any atom is -0.363 e. The first-order valence-corrected chi connectivity index (χ1v) is 9.79. The van der Waals surface area contributed by atoms with Crippen LogP contribution in [0.3, 0.4) is 0 Å². The van der Waals surface area contributed by atoms with E-state index in [9.17, 15) is 9.59 Å². The SMILES string of the molecule is CN(C)c1cc(C(=O)NCCCC(=O)N2CCc3ccccc3C2)cc(Cl)n1. The fraction of sp³-hybridized carbons (Fsp3) is 0.381. The summed E-state index contributed by atoms with van der Waals surface area (Å²) in [6.07, 6.45) is 1.92. The van der Waals surface area contributed by atoms with Crippen molar-refractivity contribution in [2.45, 2.75) is 25.8 Å². The van der Waals surface area contributed by atoms with Crippen LogP contribution >= 0.6 is 11.6 Å². The standard InChI is InChI=1S/C21H25ClN4O2/c1-25(2)19-13-17(12-18(22)24-19)21(28)23-10-5-8-20(27)26-11-9-15-6-3-4-7-16(15)14-26/h3-4,6-7,12-13H,5,8-11,14H2,1-2H3,(H,23,28). The Morgan fingerprint density at radius 2 is 1.96 bits per heavy atom. The molecule has 0 aliphatic carbocycles. The molecule has 0 saturated carbocycles. The summed E-state index contributed by atoms with van der Waals surface area (Å²) in [5.41, 5.74) is 3.01. The van der Waals surface area contributed by atoms with Gasteiger partial charge in [0, 0.05) is 45.7 Å². The lowest BCUT2D eigenvalue weighted by molar-refractivity contribution is -0.132. The van der Waals surface area contributed by atoms with E-state index in [2.05, 4.69) is 22.4 Å². The number of anilines is 1. The maximum absolute atomic E-state index is 12.5. The Morgan fingerprint density at radius 3 is 2.71 bits per heavy atom. The van der Waals surface area contributed by atoms with Crippen molar-refractivity contribution < 1.29 is 9.59 Å². The van der Waals surface area contributed by atoms with Gasteiger partial charge in [-0.1, -0.05) is 35.9 Å². The highest BCUT2D eigenvalue weighted by Crippen LogP contribution is 2.19. The number of hydrogen-bond donors (Lipinski definition) is 1. The number of carbonyl (C=O) groups excluding carboxylic acids is 2. The fourth-order valence-corrected chi connectivity index (χ4v) is 3.46. The highest BCUT2D eigenvalue weighted by atomic mass is 35.5. The predicted molar refractivity (Wildman–Crippen MR) is 111 cm³/mol. The zero-order valence-electron chi connectivity index (χ0n) is 16.2. The number of benzene rings is 1. The number of halogens is 1. The summed E-state index contributed by atoms with van der Waals surface area (Å²) in [5.74, 6) is 0.538. The monoisotopic (exact) mass is 400 g/mol. The second-order valence-corrected chi connectivity index (χ2v) is 7.51. The lowest BCUT2D eigenvalue weighted by Gasteiger charge is -2.29. The highest BCUT2D eigenvalue weighted by Gasteiger charge is 2.20. The minimum atomic E-state index is -0.216. The van der Waals surface area contributed by atoms with E-state index in [1.54, 1.807) is 17.0 Å². The van der Waals surface area contributed by atoms with Gasteiger partial charge in [0.2, 0.25) is 5.91 Å². The van der Waals surface area contributed by atoms with Crippen molar-refractivity contribution in [2.24, 2.45) is 0 Å². The van der Waals surface area contributed by atoms with Gasteiger partial charge in [-0.25, -0.2) is 4.98 Å². The molecule has 0 saturated heterocycles. The molecule has 0 fully saturated rings. The fourth-order valence-electron chi connectivity index (χ4n) is 3.25. The van der Waals surface area contributed by atoms with Gasteiger partial charge in [-0.05, 0) is 36.1 Å². The van der Waals surface area contributed by atoms with Crippen LogP contribution in [0, 0.1) is 0 Å². The van der Waals surface area contributed by atoms with Crippen molar-refractivity contribution in [2.75, 3.05) is 32.1 Å². The molecule has 0 bridgehead atoms. The number of hydrogen-bond acceptors (Lipinski definition) is 4. The summed E-state index contributed by atoms with van der Waals surface area (Å²) in [7, 11) is 3.68. The third-order valence-corrected chi connectivity index (χ3v) is 5.03. The van der Waals surface area contributed by atoms with Crippen molar-refractivity contribution in [1.29, 1.82) is 0 Å². The summed E-state index contributed by atoms with van der Waals surface area (Å²) in [6.45, 7) is 1.86. The number of nitrogens with zero attached hydrogens (tertiary/aromatic N) is 3. The van der Waals surface area contributed by atoms with E-state index in [1.807, 2.05) is 31.1 Å². The second kappa shape index (κ2) is 9.06. The molecular formula is C21H25ClN4O2. The summed E-state index contributed by atoms with van der Waals surface area (Å²) < 4.78 is 0. The number of nitrogens with one attached hydrogen (secondary N) is 1. The summed E-state index contributed by atoms with van der Waals surface area (Å²) in [6, 6.07) is 11.5. The molecule has 6 nitrogen and oxygen atoms in total. The van der Waals surface area contributed by atoms with Crippen LogP contribution in [0.1, 0.15) is 34.3 Å². The average molecular weight is 401 g/mol. The molecule has 1 aliphatic heterocycles. The number of aromatic nitrogens is 1. The Labute approximate surface area is 170 Å². The third-order valence-electron chi connectivity index (χ3n) is 4.84. The van der Waals surface area contributed by atoms with Crippen molar-refractivity contribution in [3.63, 3.8) is 0 Å². The lowest BCUT2D eigenvalue weighted by atomic mass is 9.99. The van der Waals surface area contributed by atoms with E-state index >= 15 is 0 Å². The van der Waals surface area contributed by atoms with Crippen LogP contribution in [0.2, 0.25) is 5.15 Å². The van der Waals surface area contributed by atoms with E-state index < -0.39 is 0 Å². The van der Waals surface area contributed by atoms with Gasteiger partial charge in [-0.15, -0.1) is 0 Å². The maximum Gasteiger partial charge on any atom is 0.251 e. The molecular weight excluding hydrogens is 376 g/mol. The van der Waals surface area contributed by atoms with Gasteiger partial charge >= 0.3 is 0 Å². The Kier molecular flexibility index (Phi) is 6.52. The van der Waals surface area contributed by atoms with Gasteiger partial charge < -0.3 is 15.1 Å². The van der Waals surface area contributed by atoms with Crippen LogP contribution in [0.5, 0.6) is 0 Å². The average Bonchev–Trinajstić information content (AvgIpc) is 2.70. The van der Waals surface area contributed by atoms with Gasteiger partial charge in [-0.2, -0.15) is 0 Å². The van der Waals surface area contributed by atoms with Gasteiger partial charge in [0.1, 0.15) is 11.0 Å². The zero-order chi connectivity index (χ0) is 20.1. The van der Waals surface area contributed by atoms with Crippen LogP contribution in [0.25, 0.3) is 0 Å². The molecule has 0 unspecified atom stereocenters. The Morgan fingerprint density at radius 1 is 1.21 bits per heavy atom. The Hall–Kier alpha value is -2.60. The van der Waals surface area contributed by atoms with E-state index in [1.165, 1.54) is 11.1 Å². The van der Waals surface area contributed by atoms with Crippen LogP contribution in [0.15, 0.2) is 36.4 Å². The largest absolute Gasteiger partial charge is 0.363 e. The molecule has 148 valence electrons. The van der Waals surface area contributed by atoms with E-state index in [4.69, 9.17) is 11.6 Å². The molecule has 7 heteroatoms. The van der Waals surface area contributed by atoms with Crippen LogP contribution in [0.4, 0.5) is 5.82 Å². The highest BCUT2D eigenvalue weighted by molar-refractivity contribution is 6.29. The molecule has 28 heavy (non-hydrogen) atoms. The summed E-state index contributed by atoms with van der Waals surface area (Å²) in [5, 5.41) is 3.13. The summed E-state index contributed by atoms with van der Waals surface area (Å²) >= 11 is 6.00. The minimum absolute atomic E-state index is 0.130. The number of carbonyl (C=O) groups is 2. The second-order valence-electron chi connectivity index (χ2n) is 7.12. The molecule has 2 heterocycles. The van der Waals surface area contributed by atoms with Gasteiger partial charge in [-0.3, -0.25) is 9.59 Å². The first-order chi connectivity index (χ1) is 13.4. The molecule has 0 atom stereocenters. The topological polar surface area (TPSA) is 65.5 Å². The number of rotatable bonds is 6. The smallest absolute Gasteiger partial charge is 0.251 e. The lowest BCUT2D eigenvalue weighted by Crippen LogP contribution is -2.36. The van der Waals surface area contributed by atoms with Crippen molar-refractivity contribution in [1.82, 2.24) is 15.2 Å². The molecule has 1 aliphatic rings. The normalized spacial score (nSPS) is 13.0. The molecule has 3 rings (SSSR count). The Balaban J connectivity index is 1.46. The zero-order valence-corrected chi connectivity index (χ0v) is 17.0. The van der Waals surface area contributed by atoms with E-state index in [0.717, 1.165) is 13.0 Å².